The molecule has 3 amide bonds. The third kappa shape index (κ3) is 6.58. The van der Waals surface area contributed by atoms with Crippen LogP contribution in [-0.4, -0.2) is 48.9 Å². The number of aryl methyl sites for hydroxylation is 1. The molecule has 2 heterocycles. The number of halogens is 3. The van der Waals surface area contributed by atoms with E-state index in [1.54, 1.807) is 41.3 Å². The molecule has 2 aliphatic heterocycles. The maximum absolute atomic E-state index is 14.0. The van der Waals surface area contributed by atoms with Crippen LogP contribution in [-0.2, 0) is 20.5 Å². The fourth-order valence-corrected chi connectivity index (χ4v) is 6.60. The Kier molecular flexibility index (Phi) is 8.86. The molecule has 0 saturated carbocycles. The Hall–Kier alpha value is -3.80. The minimum atomic E-state index is -4.79. The van der Waals surface area contributed by atoms with Gasteiger partial charge in [-0.25, -0.2) is 4.90 Å². The van der Waals surface area contributed by atoms with E-state index < -0.39 is 29.2 Å². The molecule has 0 radical (unpaired) electrons. The van der Waals surface area contributed by atoms with Crippen molar-refractivity contribution < 1.29 is 32.3 Å². The normalized spacial score (nSPS) is 15.8. The van der Waals surface area contributed by atoms with Crippen LogP contribution in [0.1, 0.15) is 34.0 Å². The van der Waals surface area contributed by atoms with E-state index in [0.29, 0.717) is 52.1 Å². The second-order valence-corrected chi connectivity index (χ2v) is 12.2. The van der Waals surface area contributed by atoms with Crippen LogP contribution in [0.25, 0.3) is 5.57 Å². The Morgan fingerprint density at radius 2 is 1.35 bits per heavy atom. The lowest BCUT2D eigenvalue weighted by atomic mass is 10.1. The van der Waals surface area contributed by atoms with Crippen molar-refractivity contribution >= 4 is 52.5 Å². The molecule has 0 unspecified atom stereocenters. The van der Waals surface area contributed by atoms with Crippen molar-refractivity contribution in [2.24, 2.45) is 0 Å². The number of imide groups is 1. The van der Waals surface area contributed by atoms with Gasteiger partial charge in [0.05, 0.1) is 34.3 Å². The number of carbonyl (C=O) groups is 3. The highest BCUT2D eigenvalue weighted by atomic mass is 32.2. The lowest BCUT2D eigenvalue weighted by molar-refractivity contribution is -0.137. The first-order valence-corrected chi connectivity index (χ1v) is 15.0. The van der Waals surface area contributed by atoms with E-state index in [9.17, 15) is 27.6 Å². The lowest BCUT2D eigenvalue weighted by Crippen LogP contribution is -2.40. The fraction of sp³-hybridized carbons (Fsp3) is 0.219. The molecule has 1 saturated heterocycles. The largest absolute Gasteiger partial charge is 0.418 e. The average molecular weight is 625 g/mol. The predicted molar refractivity (Wildman–Crippen MR) is 162 cm³/mol. The van der Waals surface area contributed by atoms with Gasteiger partial charge in [0.1, 0.15) is 0 Å². The molecule has 3 aromatic carbocycles. The Bertz CT molecular complexity index is 1630. The van der Waals surface area contributed by atoms with Crippen molar-refractivity contribution in [2.75, 3.05) is 31.2 Å². The zero-order chi connectivity index (χ0) is 30.9. The lowest BCUT2D eigenvalue weighted by Gasteiger charge is -2.26. The first-order chi connectivity index (χ1) is 20.4. The number of hydrogen-bond donors (Lipinski definition) is 0. The van der Waals surface area contributed by atoms with Crippen LogP contribution in [0.3, 0.4) is 0 Å². The summed E-state index contributed by atoms with van der Waals surface area (Å²) < 4.78 is 47.4. The van der Waals surface area contributed by atoms with Gasteiger partial charge in [-0.1, -0.05) is 59.4 Å². The van der Waals surface area contributed by atoms with E-state index in [-0.39, 0.29) is 15.7 Å². The number of thioether (sulfide) groups is 2. The van der Waals surface area contributed by atoms with Crippen LogP contribution in [0, 0.1) is 6.92 Å². The van der Waals surface area contributed by atoms with Crippen molar-refractivity contribution in [1.29, 1.82) is 0 Å². The van der Waals surface area contributed by atoms with Crippen molar-refractivity contribution in [3.63, 3.8) is 0 Å². The van der Waals surface area contributed by atoms with Crippen LogP contribution in [0.5, 0.6) is 0 Å². The molecule has 6 nitrogen and oxygen atoms in total. The van der Waals surface area contributed by atoms with Crippen molar-refractivity contribution in [3.05, 3.63) is 105 Å². The van der Waals surface area contributed by atoms with E-state index in [4.69, 9.17) is 4.74 Å². The molecule has 0 bridgehead atoms. The van der Waals surface area contributed by atoms with Crippen LogP contribution in [0.15, 0.2) is 92.9 Å². The number of allylic oxidation sites excluding steroid dienone is 1. The molecule has 0 spiro atoms. The average Bonchev–Trinajstić information content (AvgIpc) is 3.21. The summed E-state index contributed by atoms with van der Waals surface area (Å²) in [7, 11) is 0. The number of nitrogens with zero attached hydrogens (tertiary/aromatic N) is 2. The highest BCUT2D eigenvalue weighted by Gasteiger charge is 2.45. The topological polar surface area (TPSA) is 66.9 Å². The number of hydrogen-bond acceptors (Lipinski definition) is 6. The Morgan fingerprint density at radius 3 is 1.84 bits per heavy atom. The first kappa shape index (κ1) is 30.7. The first-order valence-electron chi connectivity index (χ1n) is 13.3. The standard InChI is InChI=1S/C32H27F3N2O4S2/c1-19(2)21-5-9-23(10-6-21)42-27-28(43-24-11-7-22(8-12-24)29(38)36-14-16-41-17-15-36)31(40)37(30(27)39)26-13-4-20(3)18-25(26)32(33,34)35/h4-13,18H,1,14-17H2,2-3H3. The zero-order valence-electron chi connectivity index (χ0n) is 23.4. The summed E-state index contributed by atoms with van der Waals surface area (Å²) in [5, 5.41) is 0. The summed E-state index contributed by atoms with van der Waals surface area (Å²) in [6.45, 7) is 9.19. The molecule has 0 N–H and O–H groups in total. The van der Waals surface area contributed by atoms with E-state index in [0.717, 1.165) is 46.8 Å². The number of benzene rings is 3. The van der Waals surface area contributed by atoms with Gasteiger partial charge < -0.3 is 9.64 Å². The van der Waals surface area contributed by atoms with E-state index in [1.165, 1.54) is 13.0 Å². The van der Waals surface area contributed by atoms with E-state index in [1.807, 2.05) is 19.1 Å². The molecule has 2 aliphatic rings. The monoisotopic (exact) mass is 624 g/mol. The van der Waals surface area contributed by atoms with Gasteiger partial charge in [0.15, 0.2) is 0 Å². The maximum Gasteiger partial charge on any atom is 0.418 e. The molecule has 0 aromatic heterocycles. The second-order valence-electron chi connectivity index (χ2n) is 10.1. The highest BCUT2D eigenvalue weighted by Crippen LogP contribution is 2.46. The maximum atomic E-state index is 14.0. The summed E-state index contributed by atoms with van der Waals surface area (Å²) in [5.74, 6) is -1.83. The molecule has 1 fully saturated rings. The number of carbonyl (C=O) groups excluding carboxylic acids is 3. The second kappa shape index (κ2) is 12.4. The van der Waals surface area contributed by atoms with E-state index in [2.05, 4.69) is 6.58 Å². The van der Waals surface area contributed by atoms with E-state index >= 15 is 0 Å². The van der Waals surface area contributed by atoms with Crippen molar-refractivity contribution in [3.8, 4) is 0 Å². The van der Waals surface area contributed by atoms with Gasteiger partial charge in [0, 0.05) is 28.4 Å². The molecule has 3 aromatic rings. The SMILES string of the molecule is C=C(C)c1ccc(SC2=C(Sc3ccc(C(=O)N4CCOCC4)cc3)C(=O)N(c3ccc(C)cc3C(F)(F)F)C2=O)cc1. The number of anilines is 1. The van der Waals surface area contributed by atoms with Gasteiger partial charge in [-0.05, 0) is 67.9 Å². The number of alkyl halides is 3. The molecular formula is C32H27F3N2O4S2. The molecule has 222 valence electrons. The zero-order valence-corrected chi connectivity index (χ0v) is 25.0. The minimum absolute atomic E-state index is 0.0000620. The molecular weight excluding hydrogens is 597 g/mol. The number of morpholine rings is 1. The third-order valence-corrected chi connectivity index (χ3v) is 9.20. The summed E-state index contributed by atoms with van der Waals surface area (Å²) in [6.07, 6.45) is -4.79. The molecule has 43 heavy (non-hydrogen) atoms. The highest BCUT2D eigenvalue weighted by molar-refractivity contribution is 8.08. The Labute approximate surface area is 255 Å². The molecule has 5 rings (SSSR count). The number of rotatable bonds is 7. The van der Waals surface area contributed by atoms with Gasteiger partial charge in [-0.3, -0.25) is 14.4 Å². The summed E-state index contributed by atoms with van der Waals surface area (Å²) in [5.41, 5.74) is 0.950. The van der Waals surface area contributed by atoms with Gasteiger partial charge in [-0.2, -0.15) is 13.2 Å². The molecule has 11 heteroatoms. The van der Waals surface area contributed by atoms with Crippen LogP contribution < -0.4 is 4.90 Å². The van der Waals surface area contributed by atoms with Gasteiger partial charge in [-0.15, -0.1) is 0 Å². The Morgan fingerprint density at radius 1 is 0.837 bits per heavy atom. The van der Waals surface area contributed by atoms with Gasteiger partial charge in [0.2, 0.25) is 0 Å². The minimum Gasteiger partial charge on any atom is -0.378 e. The van der Waals surface area contributed by atoms with Crippen molar-refractivity contribution in [2.45, 2.75) is 29.8 Å². The van der Waals surface area contributed by atoms with Crippen molar-refractivity contribution in [1.82, 2.24) is 4.90 Å². The van der Waals surface area contributed by atoms with Gasteiger partial charge >= 0.3 is 6.18 Å². The predicted octanol–water partition coefficient (Wildman–Crippen LogP) is 7.19. The fourth-order valence-electron chi connectivity index (χ4n) is 4.62. The van der Waals surface area contributed by atoms with Gasteiger partial charge in [0.25, 0.3) is 17.7 Å². The summed E-state index contributed by atoms with van der Waals surface area (Å²) in [6, 6.07) is 17.3. The van der Waals surface area contributed by atoms with Crippen LogP contribution in [0.2, 0.25) is 0 Å². The molecule has 0 atom stereocenters. The number of ether oxygens (including phenoxy) is 1. The van der Waals surface area contributed by atoms with Crippen LogP contribution >= 0.6 is 23.5 Å². The van der Waals surface area contributed by atoms with Crippen LogP contribution in [0.4, 0.5) is 18.9 Å². The smallest absolute Gasteiger partial charge is 0.378 e. The molecule has 0 aliphatic carbocycles. The quantitative estimate of drug-likeness (QED) is 0.259. The number of amides is 3. The third-order valence-electron chi connectivity index (χ3n) is 6.89. The summed E-state index contributed by atoms with van der Waals surface area (Å²) >= 11 is 1.99. The Balaban J connectivity index is 1.50. The summed E-state index contributed by atoms with van der Waals surface area (Å²) in [4.78, 5) is 43.9.